The van der Waals surface area contributed by atoms with Gasteiger partial charge in [-0.2, -0.15) is 0 Å². The van der Waals surface area contributed by atoms with E-state index < -0.39 is 5.60 Å². The molecule has 2 atom stereocenters. The Balaban J connectivity index is 1.71. The van der Waals surface area contributed by atoms with Crippen molar-refractivity contribution in [2.24, 2.45) is 5.92 Å². The minimum Gasteiger partial charge on any atom is -0.466 e. The van der Waals surface area contributed by atoms with Crippen molar-refractivity contribution in [2.75, 3.05) is 20.3 Å². The van der Waals surface area contributed by atoms with Crippen molar-refractivity contribution >= 4 is 5.97 Å². The zero-order valence-corrected chi connectivity index (χ0v) is 13.3. The van der Waals surface area contributed by atoms with E-state index >= 15 is 0 Å². The molecule has 21 heavy (non-hydrogen) atoms. The van der Waals surface area contributed by atoms with Gasteiger partial charge in [0.05, 0.1) is 24.2 Å². The predicted octanol–water partition coefficient (Wildman–Crippen LogP) is 1.63. The number of carbonyl (C=O) groups excluding carboxylic acids is 1. The molecule has 0 aromatic carbocycles. The first kappa shape index (κ1) is 16.7. The van der Waals surface area contributed by atoms with Crippen molar-refractivity contribution in [3.05, 3.63) is 0 Å². The Morgan fingerprint density at radius 3 is 2.57 bits per heavy atom. The Labute approximate surface area is 127 Å². The van der Waals surface area contributed by atoms with Crippen LogP contribution in [0.4, 0.5) is 0 Å². The molecule has 0 aliphatic heterocycles. The molecule has 0 saturated heterocycles. The van der Waals surface area contributed by atoms with Gasteiger partial charge >= 0.3 is 5.97 Å². The number of aliphatic hydroxyl groups is 1. The minimum absolute atomic E-state index is 0.0328. The summed E-state index contributed by atoms with van der Waals surface area (Å²) in [5.41, 5.74) is -0.672. The van der Waals surface area contributed by atoms with Crippen LogP contribution in [0.25, 0.3) is 0 Å². The maximum atomic E-state index is 11.7. The summed E-state index contributed by atoms with van der Waals surface area (Å²) >= 11 is 0. The Morgan fingerprint density at radius 1 is 1.29 bits per heavy atom. The number of ether oxygens (including phenoxy) is 2. The summed E-state index contributed by atoms with van der Waals surface area (Å²) in [5, 5.41) is 14.1. The number of nitrogens with one attached hydrogen (secondary N) is 1. The standard InChI is InChI=1S/C16H29NO4/c1-3-21-15(18)12-6-8-16(19,9-7-12)11-17-13-4-5-14(10-13)20-2/h12-14,17,19H,3-11H2,1-2H3. The van der Waals surface area contributed by atoms with E-state index in [2.05, 4.69) is 5.32 Å². The highest BCUT2D eigenvalue weighted by molar-refractivity contribution is 5.72. The second-order valence-electron chi connectivity index (χ2n) is 6.50. The molecule has 0 aromatic heterocycles. The van der Waals surface area contributed by atoms with Crippen LogP contribution in [-0.2, 0) is 14.3 Å². The summed E-state index contributed by atoms with van der Waals surface area (Å²) in [6, 6.07) is 0.446. The molecule has 2 saturated carbocycles. The zero-order chi connectivity index (χ0) is 15.3. The van der Waals surface area contributed by atoms with E-state index in [1.807, 2.05) is 6.92 Å². The molecule has 122 valence electrons. The lowest BCUT2D eigenvalue weighted by molar-refractivity contribution is -0.151. The Bertz CT molecular complexity index is 339. The lowest BCUT2D eigenvalue weighted by Gasteiger charge is -2.36. The van der Waals surface area contributed by atoms with Crippen LogP contribution in [0.2, 0.25) is 0 Å². The van der Waals surface area contributed by atoms with Crippen LogP contribution >= 0.6 is 0 Å². The minimum atomic E-state index is -0.672. The first-order chi connectivity index (χ1) is 10.1. The summed E-state index contributed by atoms with van der Waals surface area (Å²) in [6.07, 6.45) is 6.38. The molecule has 0 bridgehead atoms. The molecule has 2 fully saturated rings. The highest BCUT2D eigenvalue weighted by Crippen LogP contribution is 2.33. The van der Waals surface area contributed by atoms with E-state index in [9.17, 15) is 9.90 Å². The van der Waals surface area contributed by atoms with Gasteiger partial charge in [-0.1, -0.05) is 0 Å². The second-order valence-corrected chi connectivity index (χ2v) is 6.50. The summed E-state index contributed by atoms with van der Waals surface area (Å²) in [6.45, 7) is 2.88. The van der Waals surface area contributed by atoms with Crippen molar-refractivity contribution in [1.29, 1.82) is 0 Å². The first-order valence-corrected chi connectivity index (χ1v) is 8.21. The molecule has 2 N–H and O–H groups in total. The fourth-order valence-electron chi connectivity index (χ4n) is 3.50. The number of hydrogen-bond donors (Lipinski definition) is 2. The summed E-state index contributed by atoms with van der Waals surface area (Å²) < 4.78 is 10.4. The second kappa shape index (κ2) is 7.56. The molecule has 0 spiro atoms. The lowest BCUT2D eigenvalue weighted by atomic mass is 9.78. The van der Waals surface area contributed by atoms with Crippen LogP contribution in [0.5, 0.6) is 0 Å². The van der Waals surface area contributed by atoms with Gasteiger partial charge in [0.1, 0.15) is 0 Å². The average Bonchev–Trinajstić information content (AvgIpc) is 2.94. The van der Waals surface area contributed by atoms with E-state index in [0.29, 0.717) is 38.1 Å². The molecule has 0 radical (unpaired) electrons. The van der Waals surface area contributed by atoms with Gasteiger partial charge in [-0.15, -0.1) is 0 Å². The molecule has 2 unspecified atom stereocenters. The highest BCUT2D eigenvalue weighted by Gasteiger charge is 2.37. The van der Waals surface area contributed by atoms with Gasteiger partial charge in [0.2, 0.25) is 0 Å². The third-order valence-electron chi connectivity index (χ3n) is 4.97. The van der Waals surface area contributed by atoms with Crippen LogP contribution in [-0.4, -0.2) is 49.1 Å². The molecule has 2 aliphatic rings. The fourth-order valence-corrected chi connectivity index (χ4v) is 3.50. The van der Waals surface area contributed by atoms with Crippen molar-refractivity contribution in [3.8, 4) is 0 Å². The molecule has 2 aliphatic carbocycles. The van der Waals surface area contributed by atoms with Crippen molar-refractivity contribution in [3.63, 3.8) is 0 Å². The highest BCUT2D eigenvalue weighted by atomic mass is 16.5. The van der Waals surface area contributed by atoms with E-state index in [4.69, 9.17) is 9.47 Å². The molecule has 5 nitrogen and oxygen atoms in total. The third-order valence-corrected chi connectivity index (χ3v) is 4.97. The topological polar surface area (TPSA) is 67.8 Å². The molecular weight excluding hydrogens is 270 g/mol. The van der Waals surface area contributed by atoms with Gasteiger partial charge in [-0.05, 0) is 51.9 Å². The number of carbonyl (C=O) groups is 1. The number of rotatable bonds is 6. The maximum absolute atomic E-state index is 11.7. The number of esters is 1. The Kier molecular flexibility index (Phi) is 6.02. The van der Waals surface area contributed by atoms with Crippen molar-refractivity contribution < 1.29 is 19.4 Å². The summed E-state index contributed by atoms with van der Waals surface area (Å²) in [7, 11) is 1.76. The maximum Gasteiger partial charge on any atom is 0.308 e. The SMILES string of the molecule is CCOC(=O)C1CCC(O)(CNC2CCC(OC)C2)CC1. The predicted molar refractivity (Wildman–Crippen MR) is 80.0 cm³/mol. The lowest BCUT2D eigenvalue weighted by Crippen LogP contribution is -2.47. The number of hydrogen-bond acceptors (Lipinski definition) is 5. The van der Waals surface area contributed by atoms with E-state index in [-0.39, 0.29) is 11.9 Å². The molecule has 0 heterocycles. The van der Waals surface area contributed by atoms with Gasteiger partial charge in [0, 0.05) is 19.7 Å². The van der Waals surface area contributed by atoms with Crippen molar-refractivity contribution in [2.45, 2.75) is 69.6 Å². The zero-order valence-electron chi connectivity index (χ0n) is 13.3. The van der Waals surface area contributed by atoms with Crippen LogP contribution in [0.3, 0.4) is 0 Å². The summed E-state index contributed by atoms with van der Waals surface area (Å²) in [5.74, 6) is -0.138. The van der Waals surface area contributed by atoms with Gasteiger partial charge in [0.15, 0.2) is 0 Å². The van der Waals surface area contributed by atoms with Gasteiger partial charge in [-0.25, -0.2) is 0 Å². The summed E-state index contributed by atoms with van der Waals surface area (Å²) in [4.78, 5) is 11.7. The van der Waals surface area contributed by atoms with E-state index in [1.54, 1.807) is 7.11 Å². The molecule has 0 amide bonds. The Hall–Kier alpha value is -0.650. The van der Waals surface area contributed by atoms with Crippen LogP contribution in [0.15, 0.2) is 0 Å². The first-order valence-electron chi connectivity index (χ1n) is 8.21. The fraction of sp³-hybridized carbons (Fsp3) is 0.938. The van der Waals surface area contributed by atoms with Crippen LogP contribution < -0.4 is 5.32 Å². The van der Waals surface area contributed by atoms with Gasteiger partial charge in [-0.3, -0.25) is 4.79 Å². The molecule has 2 rings (SSSR count). The smallest absolute Gasteiger partial charge is 0.308 e. The van der Waals surface area contributed by atoms with Gasteiger partial charge in [0.25, 0.3) is 0 Å². The van der Waals surface area contributed by atoms with Crippen molar-refractivity contribution in [1.82, 2.24) is 5.32 Å². The molecule has 0 aromatic rings. The quantitative estimate of drug-likeness (QED) is 0.730. The third kappa shape index (κ3) is 4.66. The molecule has 5 heteroatoms. The van der Waals surface area contributed by atoms with Crippen LogP contribution in [0, 0.1) is 5.92 Å². The Morgan fingerprint density at radius 2 is 2.00 bits per heavy atom. The largest absolute Gasteiger partial charge is 0.466 e. The van der Waals surface area contributed by atoms with Gasteiger partial charge < -0.3 is 19.9 Å². The van der Waals surface area contributed by atoms with E-state index in [1.165, 1.54) is 0 Å². The molecular formula is C16H29NO4. The number of methoxy groups -OCH3 is 1. The normalized spacial score (nSPS) is 36.6. The van der Waals surface area contributed by atoms with E-state index in [0.717, 1.165) is 32.1 Å². The average molecular weight is 299 g/mol. The monoisotopic (exact) mass is 299 g/mol. The van der Waals surface area contributed by atoms with Crippen LogP contribution in [0.1, 0.15) is 51.9 Å².